The maximum absolute atomic E-state index is 12.8. The predicted molar refractivity (Wildman–Crippen MR) is 123 cm³/mol. The number of aromatic nitrogens is 8. The van der Waals surface area contributed by atoms with Crippen LogP contribution in [0.15, 0.2) is 64.4 Å². The van der Waals surface area contributed by atoms with Gasteiger partial charge in [0.25, 0.3) is 5.56 Å². The molecule has 0 aliphatic heterocycles. The van der Waals surface area contributed by atoms with Crippen LogP contribution in [-0.2, 0) is 13.6 Å². The van der Waals surface area contributed by atoms with E-state index in [0.717, 1.165) is 32.8 Å². The molecule has 0 fully saturated rings. The topological polar surface area (TPSA) is 116 Å². The van der Waals surface area contributed by atoms with Gasteiger partial charge < -0.3 is 4.57 Å². The number of hydrogen-bond acceptors (Lipinski definition) is 6. The molecule has 0 unspecified atom stereocenters. The third kappa shape index (κ3) is 3.55. The van der Waals surface area contributed by atoms with E-state index in [1.165, 1.54) is 7.05 Å². The summed E-state index contributed by atoms with van der Waals surface area (Å²) in [6.07, 6.45) is 1.57. The maximum Gasteiger partial charge on any atom is 0.329 e. The Hall–Kier alpha value is -4.34. The molecular formula is C23H22N8O2. The number of hydrogen-bond donors (Lipinski definition) is 1. The SMILES string of the molecule is CC(C)c1nc2[nH]c(=O)n(C)c(=O)c2n1Cc1ccc(-c2ccccc2-n2cnnn2)cc1. The highest BCUT2D eigenvalue weighted by molar-refractivity contribution is 5.73. The summed E-state index contributed by atoms with van der Waals surface area (Å²) in [7, 11) is 1.46. The Morgan fingerprint density at radius 1 is 1.03 bits per heavy atom. The highest BCUT2D eigenvalue weighted by Gasteiger charge is 2.19. The second kappa shape index (κ2) is 7.97. The molecule has 10 heteroatoms. The monoisotopic (exact) mass is 442 g/mol. The Morgan fingerprint density at radius 2 is 1.79 bits per heavy atom. The first-order valence-corrected chi connectivity index (χ1v) is 10.5. The fourth-order valence-electron chi connectivity index (χ4n) is 3.97. The molecule has 0 saturated heterocycles. The van der Waals surface area contributed by atoms with Gasteiger partial charge in [-0.2, -0.15) is 4.68 Å². The van der Waals surface area contributed by atoms with E-state index in [-0.39, 0.29) is 11.5 Å². The molecule has 1 N–H and O–H groups in total. The number of H-pyrrole nitrogens is 1. The summed E-state index contributed by atoms with van der Waals surface area (Å²) in [5, 5.41) is 11.5. The lowest BCUT2D eigenvalue weighted by Crippen LogP contribution is -2.33. The second-order valence-corrected chi connectivity index (χ2v) is 8.17. The van der Waals surface area contributed by atoms with Gasteiger partial charge in [-0.05, 0) is 27.6 Å². The van der Waals surface area contributed by atoms with Crippen molar-refractivity contribution in [1.82, 2.24) is 39.3 Å². The van der Waals surface area contributed by atoms with Crippen molar-refractivity contribution in [3.05, 3.63) is 87.1 Å². The second-order valence-electron chi connectivity index (χ2n) is 8.17. The first kappa shape index (κ1) is 20.6. The van der Waals surface area contributed by atoms with E-state index in [2.05, 4.69) is 25.5 Å². The molecule has 0 spiro atoms. The largest absolute Gasteiger partial charge is 0.329 e. The van der Waals surface area contributed by atoms with Gasteiger partial charge in [0.05, 0.1) is 5.69 Å². The molecule has 5 rings (SSSR count). The van der Waals surface area contributed by atoms with Crippen LogP contribution in [0, 0.1) is 0 Å². The lowest BCUT2D eigenvalue weighted by Gasteiger charge is -2.13. The van der Waals surface area contributed by atoms with Crippen LogP contribution in [0.5, 0.6) is 0 Å². The smallest absolute Gasteiger partial charge is 0.317 e. The molecule has 0 atom stereocenters. The van der Waals surface area contributed by atoms with Crippen molar-refractivity contribution in [1.29, 1.82) is 0 Å². The summed E-state index contributed by atoms with van der Waals surface area (Å²) in [4.78, 5) is 32.1. The highest BCUT2D eigenvalue weighted by atomic mass is 16.2. The van der Waals surface area contributed by atoms with Gasteiger partial charge in [0.2, 0.25) is 0 Å². The van der Waals surface area contributed by atoms with Crippen LogP contribution in [0.25, 0.3) is 28.0 Å². The van der Waals surface area contributed by atoms with Gasteiger partial charge in [-0.1, -0.05) is 56.3 Å². The van der Waals surface area contributed by atoms with Gasteiger partial charge in [-0.25, -0.2) is 9.78 Å². The van der Waals surface area contributed by atoms with Crippen LogP contribution in [-0.4, -0.2) is 39.3 Å². The first-order chi connectivity index (χ1) is 15.9. The number of aromatic amines is 1. The first-order valence-electron chi connectivity index (χ1n) is 10.5. The average molecular weight is 442 g/mol. The molecular weight excluding hydrogens is 420 g/mol. The molecule has 0 aliphatic carbocycles. The van der Waals surface area contributed by atoms with Crippen LogP contribution in [0.1, 0.15) is 31.2 Å². The third-order valence-electron chi connectivity index (χ3n) is 5.66. The molecule has 5 aromatic rings. The molecule has 33 heavy (non-hydrogen) atoms. The molecule has 2 aromatic carbocycles. The fourth-order valence-corrected chi connectivity index (χ4v) is 3.97. The van der Waals surface area contributed by atoms with Crippen molar-refractivity contribution >= 4 is 11.2 Å². The quantitative estimate of drug-likeness (QED) is 0.446. The number of tetrazole rings is 1. The van der Waals surface area contributed by atoms with Gasteiger partial charge in [0.1, 0.15) is 12.2 Å². The Morgan fingerprint density at radius 3 is 2.48 bits per heavy atom. The molecule has 10 nitrogen and oxygen atoms in total. The Bertz CT molecular complexity index is 1560. The molecule has 3 aromatic heterocycles. The predicted octanol–water partition coefficient (Wildman–Crippen LogP) is 2.24. The molecule has 166 valence electrons. The van der Waals surface area contributed by atoms with E-state index in [9.17, 15) is 9.59 Å². The van der Waals surface area contributed by atoms with Crippen molar-refractivity contribution in [2.45, 2.75) is 26.3 Å². The van der Waals surface area contributed by atoms with E-state index in [1.807, 2.05) is 66.9 Å². The van der Waals surface area contributed by atoms with Crippen molar-refractivity contribution in [2.24, 2.45) is 7.05 Å². The fraction of sp³-hybridized carbons (Fsp3) is 0.217. The minimum absolute atomic E-state index is 0.0769. The molecule has 0 aliphatic rings. The summed E-state index contributed by atoms with van der Waals surface area (Å²) >= 11 is 0. The highest BCUT2D eigenvalue weighted by Crippen LogP contribution is 2.27. The molecule has 0 saturated carbocycles. The lowest BCUT2D eigenvalue weighted by molar-refractivity contribution is 0.679. The standard InChI is InChI=1S/C23H22N8O2/c1-14(2)21-25-20-19(22(32)29(3)23(33)26-20)30(21)12-15-8-10-16(11-9-15)17-6-4-5-7-18(17)31-13-24-27-28-31/h4-11,13-14H,12H2,1-3H3,(H,26,33). The summed E-state index contributed by atoms with van der Waals surface area (Å²) in [6, 6.07) is 16.0. The average Bonchev–Trinajstić information content (AvgIpc) is 3.47. The lowest BCUT2D eigenvalue weighted by atomic mass is 10.0. The van der Waals surface area contributed by atoms with Gasteiger partial charge in [-0.15, -0.1) is 5.10 Å². The van der Waals surface area contributed by atoms with Crippen molar-refractivity contribution < 1.29 is 0 Å². The number of nitrogens with one attached hydrogen (secondary N) is 1. The normalized spacial score (nSPS) is 11.5. The van der Waals surface area contributed by atoms with Crippen LogP contribution in [0.2, 0.25) is 0 Å². The van der Waals surface area contributed by atoms with Crippen molar-refractivity contribution in [3.63, 3.8) is 0 Å². The Kier molecular flexibility index (Phi) is 4.97. The number of fused-ring (bicyclic) bond motifs is 1. The zero-order valence-corrected chi connectivity index (χ0v) is 18.4. The zero-order valence-electron chi connectivity index (χ0n) is 18.4. The minimum atomic E-state index is -0.474. The van der Waals surface area contributed by atoms with E-state index in [4.69, 9.17) is 0 Å². The summed E-state index contributed by atoms with van der Waals surface area (Å²) in [5.41, 5.74) is 3.79. The minimum Gasteiger partial charge on any atom is -0.317 e. The molecule has 3 heterocycles. The van der Waals surface area contributed by atoms with E-state index in [1.54, 1.807) is 11.0 Å². The van der Waals surface area contributed by atoms with Gasteiger partial charge >= 0.3 is 5.69 Å². The van der Waals surface area contributed by atoms with Crippen LogP contribution in [0.3, 0.4) is 0 Å². The number of imidazole rings is 1. The van der Waals surface area contributed by atoms with E-state index < -0.39 is 5.69 Å². The van der Waals surface area contributed by atoms with Crippen molar-refractivity contribution in [3.8, 4) is 16.8 Å². The summed E-state index contributed by atoms with van der Waals surface area (Å²) in [5.74, 6) is 0.824. The summed E-state index contributed by atoms with van der Waals surface area (Å²) < 4.78 is 4.60. The van der Waals surface area contributed by atoms with Crippen LogP contribution in [0.4, 0.5) is 0 Å². The molecule has 0 radical (unpaired) electrons. The van der Waals surface area contributed by atoms with Crippen molar-refractivity contribution in [2.75, 3.05) is 0 Å². The molecule has 0 amide bonds. The maximum atomic E-state index is 12.8. The number of nitrogens with zero attached hydrogens (tertiary/aromatic N) is 7. The van der Waals surface area contributed by atoms with Crippen LogP contribution >= 0.6 is 0 Å². The zero-order chi connectivity index (χ0) is 23.1. The third-order valence-corrected chi connectivity index (χ3v) is 5.66. The summed E-state index contributed by atoms with van der Waals surface area (Å²) in [6.45, 7) is 4.48. The Labute approximate surface area is 188 Å². The van der Waals surface area contributed by atoms with Gasteiger partial charge in [-0.3, -0.25) is 14.3 Å². The van der Waals surface area contributed by atoms with Gasteiger partial charge in [0.15, 0.2) is 11.2 Å². The van der Waals surface area contributed by atoms with E-state index >= 15 is 0 Å². The Balaban J connectivity index is 1.55. The van der Waals surface area contributed by atoms with Gasteiger partial charge in [0, 0.05) is 25.1 Å². The molecule has 0 bridgehead atoms. The number of benzene rings is 2. The number of rotatable bonds is 5. The number of para-hydroxylation sites is 1. The van der Waals surface area contributed by atoms with Crippen LogP contribution < -0.4 is 11.2 Å². The van der Waals surface area contributed by atoms with E-state index in [0.29, 0.717) is 17.7 Å².